The van der Waals surface area contributed by atoms with Crippen LogP contribution in [-0.2, 0) is 32.6 Å². The van der Waals surface area contributed by atoms with Gasteiger partial charge in [-0.1, -0.05) is 99.7 Å². The number of hydrogen-bond acceptors (Lipinski definition) is 4. The fourth-order valence-corrected chi connectivity index (χ4v) is 6.85. The molecule has 1 aliphatic carbocycles. The summed E-state index contributed by atoms with van der Waals surface area (Å²) in [5.41, 5.74) is 2.10. The molecule has 0 radical (unpaired) electrons. The first kappa shape index (κ1) is 31.3. The zero-order chi connectivity index (χ0) is 29.4. The molecule has 0 heterocycles. The van der Waals surface area contributed by atoms with Crippen LogP contribution in [0.3, 0.4) is 0 Å². The van der Waals surface area contributed by atoms with Crippen molar-refractivity contribution in [1.29, 1.82) is 0 Å². The van der Waals surface area contributed by atoms with Crippen LogP contribution in [0.1, 0.15) is 43.2 Å². The second-order valence-electron chi connectivity index (χ2n) is 10.5. The van der Waals surface area contributed by atoms with Gasteiger partial charge in [0.1, 0.15) is 12.6 Å². The topological polar surface area (TPSA) is 86.8 Å². The van der Waals surface area contributed by atoms with Crippen LogP contribution < -0.4 is 9.62 Å². The van der Waals surface area contributed by atoms with E-state index in [-0.39, 0.29) is 18.5 Å². The molecule has 1 aliphatic rings. The number of carbonyl (C=O) groups is 2. The van der Waals surface area contributed by atoms with Gasteiger partial charge >= 0.3 is 0 Å². The summed E-state index contributed by atoms with van der Waals surface area (Å²) in [7, 11) is -3.81. The lowest BCUT2D eigenvalue weighted by Gasteiger charge is -2.35. The molecule has 0 saturated heterocycles. The van der Waals surface area contributed by atoms with E-state index in [2.05, 4.69) is 37.2 Å². The number of hydrogen-bond donors (Lipinski definition) is 1. The van der Waals surface area contributed by atoms with E-state index in [4.69, 9.17) is 0 Å². The third kappa shape index (κ3) is 9.15. The zero-order valence-electron chi connectivity index (χ0n) is 23.0. The van der Waals surface area contributed by atoms with Gasteiger partial charge in [0.2, 0.25) is 21.8 Å². The van der Waals surface area contributed by atoms with Crippen LogP contribution in [0.4, 0.5) is 5.69 Å². The summed E-state index contributed by atoms with van der Waals surface area (Å²) >= 11 is 6.90. The van der Waals surface area contributed by atoms with Gasteiger partial charge in [0, 0.05) is 28.0 Å². The Bertz CT molecular complexity index is 1450. The van der Waals surface area contributed by atoms with Crippen molar-refractivity contribution in [3.05, 3.63) is 98.9 Å². The molecule has 0 aromatic heterocycles. The standard InChI is InChI=1S/C31H35Br2N3O4S/c1-41(39,40)36(28-17-9-14-26(33)20-28)22-30(37)35(21-24-12-8-13-25(32)18-24)29(19-23-10-4-2-5-11-23)31(38)34-27-15-6-3-7-16-27/h2,4-5,8-14,17-18,20,27,29H,3,6-7,15-16,19,21-22H2,1H3,(H,34,38)/t29-/m0/s1. The molecule has 1 atom stereocenters. The van der Waals surface area contributed by atoms with Gasteiger partial charge in [0.15, 0.2) is 0 Å². The van der Waals surface area contributed by atoms with Gasteiger partial charge in [-0.25, -0.2) is 8.42 Å². The molecule has 1 fully saturated rings. The largest absolute Gasteiger partial charge is 0.352 e. The Morgan fingerprint density at radius 3 is 2.15 bits per heavy atom. The molecule has 0 aliphatic heterocycles. The molecule has 218 valence electrons. The van der Waals surface area contributed by atoms with Crippen molar-refractivity contribution in [2.75, 3.05) is 17.1 Å². The minimum absolute atomic E-state index is 0.0616. The van der Waals surface area contributed by atoms with Gasteiger partial charge in [-0.05, 0) is 54.3 Å². The SMILES string of the molecule is CS(=O)(=O)N(CC(=O)N(Cc1cccc(Br)c1)[C@@H](Cc1ccccc1)C(=O)NC1CCCCC1)c1cccc(Br)c1. The number of nitrogens with one attached hydrogen (secondary N) is 1. The van der Waals surface area contributed by atoms with E-state index in [1.165, 1.54) is 4.90 Å². The molecular formula is C31H35Br2N3O4S. The predicted octanol–water partition coefficient (Wildman–Crippen LogP) is 6.07. The van der Waals surface area contributed by atoms with Gasteiger partial charge < -0.3 is 10.2 Å². The first-order valence-electron chi connectivity index (χ1n) is 13.7. The van der Waals surface area contributed by atoms with Crippen LogP contribution in [0.2, 0.25) is 0 Å². The highest BCUT2D eigenvalue weighted by Crippen LogP contribution is 2.24. The number of anilines is 1. The van der Waals surface area contributed by atoms with Crippen molar-refractivity contribution >= 4 is 59.4 Å². The van der Waals surface area contributed by atoms with Gasteiger partial charge in [0.25, 0.3) is 0 Å². The Labute approximate surface area is 259 Å². The molecule has 3 aromatic carbocycles. The van der Waals surface area contributed by atoms with E-state index in [9.17, 15) is 18.0 Å². The zero-order valence-corrected chi connectivity index (χ0v) is 27.0. The van der Waals surface area contributed by atoms with E-state index in [1.807, 2.05) is 54.6 Å². The van der Waals surface area contributed by atoms with E-state index in [0.29, 0.717) is 16.6 Å². The van der Waals surface area contributed by atoms with Crippen LogP contribution >= 0.6 is 31.9 Å². The molecule has 10 heteroatoms. The average molecular weight is 706 g/mol. The Kier molecular flexibility index (Phi) is 11.0. The maximum atomic E-state index is 14.2. The van der Waals surface area contributed by atoms with Crippen LogP contribution in [0.25, 0.3) is 0 Å². The first-order valence-corrected chi connectivity index (χ1v) is 17.1. The van der Waals surface area contributed by atoms with Gasteiger partial charge in [0.05, 0.1) is 11.9 Å². The summed E-state index contributed by atoms with van der Waals surface area (Å²) in [5.74, 6) is -0.687. The van der Waals surface area contributed by atoms with Crippen molar-refractivity contribution < 1.29 is 18.0 Å². The third-order valence-corrected chi connectivity index (χ3v) is 9.37. The van der Waals surface area contributed by atoms with Crippen molar-refractivity contribution in [3.63, 3.8) is 0 Å². The number of nitrogens with zero attached hydrogens (tertiary/aromatic N) is 2. The Morgan fingerprint density at radius 1 is 0.878 bits per heavy atom. The molecule has 0 bridgehead atoms. The van der Waals surface area contributed by atoms with E-state index < -0.39 is 28.5 Å². The lowest BCUT2D eigenvalue weighted by atomic mass is 9.94. The molecule has 4 rings (SSSR count). The summed E-state index contributed by atoms with van der Waals surface area (Å²) in [5, 5.41) is 3.21. The van der Waals surface area contributed by atoms with Crippen LogP contribution in [-0.4, -0.2) is 50.0 Å². The Hall–Kier alpha value is -2.69. The lowest BCUT2D eigenvalue weighted by Crippen LogP contribution is -2.55. The van der Waals surface area contributed by atoms with Crippen LogP contribution in [0.15, 0.2) is 87.8 Å². The summed E-state index contributed by atoms with van der Waals surface area (Å²) in [6.45, 7) is -0.296. The second-order valence-corrected chi connectivity index (χ2v) is 14.2. The maximum absolute atomic E-state index is 14.2. The van der Waals surface area contributed by atoms with Gasteiger partial charge in [-0.15, -0.1) is 0 Å². The molecule has 41 heavy (non-hydrogen) atoms. The molecule has 0 unspecified atom stereocenters. The minimum Gasteiger partial charge on any atom is -0.352 e. The molecule has 1 saturated carbocycles. The fraction of sp³-hybridized carbons (Fsp3) is 0.355. The summed E-state index contributed by atoms with van der Waals surface area (Å²) in [4.78, 5) is 29.7. The smallest absolute Gasteiger partial charge is 0.244 e. The van der Waals surface area contributed by atoms with Crippen molar-refractivity contribution in [2.24, 2.45) is 0 Å². The first-order chi connectivity index (χ1) is 19.6. The molecule has 2 amide bonds. The highest BCUT2D eigenvalue weighted by atomic mass is 79.9. The minimum atomic E-state index is -3.81. The van der Waals surface area contributed by atoms with Crippen molar-refractivity contribution in [3.8, 4) is 0 Å². The number of sulfonamides is 1. The van der Waals surface area contributed by atoms with E-state index in [1.54, 1.807) is 24.3 Å². The highest BCUT2D eigenvalue weighted by Gasteiger charge is 2.34. The quantitative estimate of drug-likeness (QED) is 0.263. The number of benzene rings is 3. The maximum Gasteiger partial charge on any atom is 0.244 e. The molecule has 1 N–H and O–H groups in total. The predicted molar refractivity (Wildman–Crippen MR) is 170 cm³/mol. The molecular weight excluding hydrogens is 670 g/mol. The lowest BCUT2D eigenvalue weighted by molar-refractivity contribution is -0.140. The third-order valence-electron chi connectivity index (χ3n) is 7.24. The van der Waals surface area contributed by atoms with Crippen molar-refractivity contribution in [2.45, 2.75) is 57.2 Å². The number of carbonyl (C=O) groups excluding carboxylic acids is 2. The highest BCUT2D eigenvalue weighted by molar-refractivity contribution is 9.10. The number of rotatable bonds is 11. The molecule has 3 aromatic rings. The van der Waals surface area contributed by atoms with E-state index >= 15 is 0 Å². The molecule has 7 nitrogen and oxygen atoms in total. The van der Waals surface area contributed by atoms with E-state index in [0.717, 1.165) is 58.3 Å². The molecule has 0 spiro atoms. The summed E-state index contributed by atoms with van der Waals surface area (Å²) in [6.07, 6.45) is 6.48. The van der Waals surface area contributed by atoms with Crippen molar-refractivity contribution in [1.82, 2.24) is 10.2 Å². The average Bonchev–Trinajstić information content (AvgIpc) is 2.94. The Balaban J connectivity index is 1.72. The summed E-state index contributed by atoms with van der Waals surface area (Å²) in [6, 6.07) is 23.2. The second kappa shape index (κ2) is 14.5. The van der Waals surface area contributed by atoms with Gasteiger partial charge in [-0.3, -0.25) is 13.9 Å². The summed E-state index contributed by atoms with van der Waals surface area (Å²) < 4.78 is 28.5. The normalized spacial score (nSPS) is 14.7. The Morgan fingerprint density at radius 2 is 1.51 bits per heavy atom. The number of amides is 2. The monoisotopic (exact) mass is 703 g/mol. The fourth-order valence-electron chi connectivity index (χ4n) is 5.18. The van der Waals surface area contributed by atoms with Crippen LogP contribution in [0.5, 0.6) is 0 Å². The number of halogens is 2. The van der Waals surface area contributed by atoms with Crippen LogP contribution in [0, 0.1) is 0 Å². The van der Waals surface area contributed by atoms with Gasteiger partial charge in [-0.2, -0.15) is 0 Å².